The highest BCUT2D eigenvalue weighted by molar-refractivity contribution is 7.22. The summed E-state index contributed by atoms with van der Waals surface area (Å²) in [4.78, 5) is 23.0. The molecule has 0 aliphatic heterocycles. The van der Waals surface area contributed by atoms with E-state index >= 15 is 0 Å². The van der Waals surface area contributed by atoms with Crippen LogP contribution < -0.4 is 14.4 Å². The summed E-state index contributed by atoms with van der Waals surface area (Å²) in [7, 11) is 1.60. The zero-order chi connectivity index (χ0) is 24.1. The molecule has 1 heterocycles. The second-order valence-corrected chi connectivity index (χ2v) is 8.92. The fraction of sp³-hybridized carbons (Fsp3) is 0.333. The van der Waals surface area contributed by atoms with Gasteiger partial charge in [-0.05, 0) is 55.1 Å². The molecule has 0 aliphatic rings. The molecule has 0 atom stereocenters. The maximum Gasteiger partial charge on any atom is 0.263 e. The van der Waals surface area contributed by atoms with Gasteiger partial charge in [-0.25, -0.2) is 4.98 Å². The first kappa shape index (κ1) is 24.0. The maximum absolute atomic E-state index is 14.0. The average Bonchev–Trinajstić information content (AvgIpc) is 3.30. The highest BCUT2D eigenvalue weighted by Gasteiger charge is 2.25. The fourth-order valence-electron chi connectivity index (χ4n) is 4.07. The molecule has 34 heavy (non-hydrogen) atoms. The molecule has 4 rings (SSSR count). The zero-order valence-electron chi connectivity index (χ0n) is 20.2. The summed E-state index contributed by atoms with van der Waals surface area (Å²) >= 11 is 1.51. The molecule has 1 aromatic heterocycles. The molecule has 6 nitrogen and oxygen atoms in total. The van der Waals surface area contributed by atoms with Gasteiger partial charge in [0.1, 0.15) is 17.0 Å². The van der Waals surface area contributed by atoms with E-state index in [1.165, 1.54) is 11.3 Å². The van der Waals surface area contributed by atoms with E-state index in [4.69, 9.17) is 14.5 Å². The number of aromatic nitrogens is 1. The van der Waals surface area contributed by atoms with Gasteiger partial charge in [-0.1, -0.05) is 55.5 Å². The number of anilines is 1. The van der Waals surface area contributed by atoms with Gasteiger partial charge in [-0.3, -0.25) is 9.69 Å². The fourth-order valence-corrected chi connectivity index (χ4v) is 5.07. The molecule has 0 radical (unpaired) electrons. The molecule has 0 N–H and O–H groups in total. The largest absolute Gasteiger partial charge is 0.496 e. The molecule has 0 unspecified atom stereocenters. The summed E-state index contributed by atoms with van der Waals surface area (Å²) in [5.74, 6) is 1.18. The third kappa shape index (κ3) is 4.86. The Balaban J connectivity index is 1.79. The topological polar surface area (TPSA) is 54.9 Å². The van der Waals surface area contributed by atoms with Crippen LogP contribution in [-0.2, 0) is 0 Å². The molecule has 178 valence electrons. The third-order valence-electron chi connectivity index (χ3n) is 5.98. The van der Waals surface area contributed by atoms with Crippen molar-refractivity contribution < 1.29 is 14.3 Å². The summed E-state index contributed by atoms with van der Waals surface area (Å²) in [6.07, 6.45) is 0. The molecule has 0 saturated heterocycles. The summed E-state index contributed by atoms with van der Waals surface area (Å²) < 4.78 is 12.4. The van der Waals surface area contributed by atoms with Gasteiger partial charge in [-0.2, -0.15) is 0 Å². The number of likely N-dealkylation sites (N-methyl/N-ethyl adjacent to an activating group) is 1. The van der Waals surface area contributed by atoms with E-state index in [1.807, 2.05) is 61.5 Å². The minimum atomic E-state index is -0.119. The normalized spacial score (nSPS) is 11.3. The second kappa shape index (κ2) is 10.8. The van der Waals surface area contributed by atoms with E-state index < -0.39 is 0 Å². The van der Waals surface area contributed by atoms with Crippen LogP contribution in [0, 0.1) is 0 Å². The summed E-state index contributed by atoms with van der Waals surface area (Å²) in [6.45, 7) is 9.91. The number of nitrogens with zero attached hydrogens (tertiary/aromatic N) is 3. The van der Waals surface area contributed by atoms with Crippen molar-refractivity contribution in [2.45, 2.75) is 20.8 Å². The number of fused-ring (bicyclic) bond motifs is 2. The Labute approximate surface area is 204 Å². The van der Waals surface area contributed by atoms with Crippen molar-refractivity contribution in [3.05, 3.63) is 60.2 Å². The van der Waals surface area contributed by atoms with Gasteiger partial charge >= 0.3 is 0 Å². The van der Waals surface area contributed by atoms with Crippen LogP contribution in [0.15, 0.2) is 54.6 Å². The van der Waals surface area contributed by atoms with E-state index in [1.54, 1.807) is 12.0 Å². The van der Waals surface area contributed by atoms with Crippen LogP contribution in [0.25, 0.3) is 21.0 Å². The van der Waals surface area contributed by atoms with E-state index in [2.05, 4.69) is 18.7 Å². The Morgan fingerprint density at radius 2 is 1.68 bits per heavy atom. The molecule has 0 fully saturated rings. The number of benzene rings is 3. The van der Waals surface area contributed by atoms with Gasteiger partial charge in [0.25, 0.3) is 5.91 Å². The number of amides is 1. The molecule has 3 aromatic carbocycles. The van der Waals surface area contributed by atoms with Crippen molar-refractivity contribution in [3.63, 3.8) is 0 Å². The first-order valence-corrected chi connectivity index (χ1v) is 12.5. The number of carbonyl (C=O) groups excluding carboxylic acids is 1. The van der Waals surface area contributed by atoms with Crippen molar-refractivity contribution in [2.24, 2.45) is 0 Å². The van der Waals surface area contributed by atoms with Gasteiger partial charge in [-0.15, -0.1) is 0 Å². The van der Waals surface area contributed by atoms with Crippen LogP contribution in [-0.4, -0.2) is 55.7 Å². The quantitative estimate of drug-likeness (QED) is 0.287. The number of carbonyl (C=O) groups is 1. The molecule has 0 aliphatic carbocycles. The molecular weight excluding hydrogens is 446 g/mol. The Hall–Kier alpha value is -3.16. The van der Waals surface area contributed by atoms with Crippen molar-refractivity contribution in [1.82, 2.24) is 9.88 Å². The third-order valence-corrected chi connectivity index (χ3v) is 7.02. The number of rotatable bonds is 10. The van der Waals surface area contributed by atoms with Crippen molar-refractivity contribution in [1.29, 1.82) is 0 Å². The molecule has 4 aromatic rings. The Morgan fingerprint density at radius 1 is 0.941 bits per heavy atom. The lowest BCUT2D eigenvalue weighted by atomic mass is 10.0. The van der Waals surface area contributed by atoms with Crippen LogP contribution in [0.1, 0.15) is 31.1 Å². The first-order chi connectivity index (χ1) is 16.6. The Bertz CT molecular complexity index is 1280. The van der Waals surface area contributed by atoms with Crippen LogP contribution in [0.5, 0.6) is 11.5 Å². The van der Waals surface area contributed by atoms with Gasteiger partial charge in [0.15, 0.2) is 5.13 Å². The molecular formula is C27H31N3O3S. The molecule has 0 saturated carbocycles. The second-order valence-electron chi connectivity index (χ2n) is 7.92. The predicted octanol–water partition coefficient (Wildman–Crippen LogP) is 5.85. The lowest BCUT2D eigenvalue weighted by molar-refractivity contribution is 0.0981. The maximum atomic E-state index is 14.0. The number of hydrogen-bond acceptors (Lipinski definition) is 6. The monoisotopic (exact) mass is 477 g/mol. The average molecular weight is 478 g/mol. The number of para-hydroxylation sites is 1. The molecule has 0 spiro atoms. The Morgan fingerprint density at radius 3 is 2.35 bits per heavy atom. The number of thiazole rings is 1. The van der Waals surface area contributed by atoms with Crippen molar-refractivity contribution >= 4 is 43.4 Å². The summed E-state index contributed by atoms with van der Waals surface area (Å²) in [5.41, 5.74) is 1.32. The van der Waals surface area contributed by atoms with E-state index in [9.17, 15) is 4.79 Å². The Kier molecular flexibility index (Phi) is 7.65. The SMILES string of the molecule is CCOc1cccc2sc(N(CCN(CC)CC)C(=O)c3cc4ccccc4cc3OC)nc12. The van der Waals surface area contributed by atoms with Gasteiger partial charge in [0.05, 0.1) is 24.0 Å². The highest BCUT2D eigenvalue weighted by atomic mass is 32.1. The summed E-state index contributed by atoms with van der Waals surface area (Å²) in [6, 6.07) is 17.7. The van der Waals surface area contributed by atoms with E-state index in [0.29, 0.717) is 29.6 Å². The van der Waals surface area contributed by atoms with Gasteiger partial charge in [0, 0.05) is 13.1 Å². The smallest absolute Gasteiger partial charge is 0.263 e. The summed E-state index contributed by atoms with van der Waals surface area (Å²) in [5, 5.41) is 2.69. The van der Waals surface area contributed by atoms with E-state index in [0.717, 1.165) is 46.4 Å². The predicted molar refractivity (Wildman–Crippen MR) is 141 cm³/mol. The van der Waals surface area contributed by atoms with Gasteiger partial charge in [0.2, 0.25) is 0 Å². The van der Waals surface area contributed by atoms with Crippen LogP contribution in [0.3, 0.4) is 0 Å². The minimum absolute atomic E-state index is 0.119. The first-order valence-electron chi connectivity index (χ1n) is 11.7. The number of ether oxygens (including phenoxy) is 2. The van der Waals surface area contributed by atoms with Crippen molar-refractivity contribution in [2.75, 3.05) is 44.8 Å². The highest BCUT2D eigenvalue weighted by Crippen LogP contribution is 2.36. The van der Waals surface area contributed by atoms with Crippen LogP contribution >= 0.6 is 11.3 Å². The minimum Gasteiger partial charge on any atom is -0.496 e. The van der Waals surface area contributed by atoms with Crippen molar-refractivity contribution in [3.8, 4) is 11.5 Å². The molecule has 7 heteroatoms. The van der Waals surface area contributed by atoms with Crippen LogP contribution in [0.4, 0.5) is 5.13 Å². The van der Waals surface area contributed by atoms with Gasteiger partial charge < -0.3 is 14.4 Å². The van der Waals surface area contributed by atoms with Crippen LogP contribution in [0.2, 0.25) is 0 Å². The lowest BCUT2D eigenvalue weighted by Gasteiger charge is -2.25. The lowest BCUT2D eigenvalue weighted by Crippen LogP contribution is -2.39. The molecule has 1 amide bonds. The van der Waals surface area contributed by atoms with E-state index in [-0.39, 0.29) is 5.91 Å². The number of hydrogen-bond donors (Lipinski definition) is 0. The molecule has 0 bridgehead atoms. The standard InChI is InChI=1S/C27H31N3O3S/c1-5-29(6-2)15-16-30(27-28-25-22(33-7-3)13-10-14-24(25)34-27)26(31)21-17-19-11-8-9-12-20(19)18-23(21)32-4/h8-14,17-18H,5-7,15-16H2,1-4H3. The zero-order valence-corrected chi connectivity index (χ0v) is 21.0. The number of methoxy groups -OCH3 is 1.